The molecule has 2 fully saturated rings. The van der Waals surface area contributed by atoms with Crippen LogP contribution in [-0.2, 0) is 4.74 Å². The molecule has 6 rings (SSSR count). The number of carbonyl (C=O) groups is 2. The molecule has 15 heteroatoms. The van der Waals surface area contributed by atoms with E-state index >= 15 is 0 Å². The van der Waals surface area contributed by atoms with Crippen molar-refractivity contribution < 1.29 is 18.7 Å². The van der Waals surface area contributed by atoms with Crippen molar-refractivity contribution in [1.29, 1.82) is 0 Å². The number of aromatic nitrogens is 6. The Balaban J connectivity index is 1.06. The average molecular weight is 694 g/mol. The summed E-state index contributed by atoms with van der Waals surface area (Å²) >= 11 is 1.27. The summed E-state index contributed by atoms with van der Waals surface area (Å²) in [6.45, 7) is 9.51. The Bertz CT molecular complexity index is 1760. The minimum absolute atomic E-state index is 0.0733. The van der Waals surface area contributed by atoms with Crippen LogP contribution in [0.1, 0.15) is 66.3 Å². The van der Waals surface area contributed by atoms with Gasteiger partial charge in [-0.1, -0.05) is 35.1 Å². The van der Waals surface area contributed by atoms with Crippen LogP contribution in [0.25, 0.3) is 22.0 Å². The van der Waals surface area contributed by atoms with Crippen molar-refractivity contribution in [1.82, 2.24) is 39.3 Å². The average Bonchev–Trinajstić information content (AvgIpc) is 3.87. The van der Waals surface area contributed by atoms with Gasteiger partial charge in [0.15, 0.2) is 5.82 Å². The number of ether oxygens (including phenoxy) is 1. The number of hydrogen-bond donors (Lipinski definition) is 1. The zero-order valence-electron chi connectivity index (χ0n) is 27.1. The Morgan fingerprint density at radius 1 is 1.08 bits per heavy atom. The highest BCUT2D eigenvalue weighted by molar-refractivity contribution is 7.26. The van der Waals surface area contributed by atoms with Gasteiger partial charge in [-0.3, -0.25) is 19.2 Å². The van der Waals surface area contributed by atoms with Gasteiger partial charge in [0.05, 0.1) is 29.1 Å². The molecule has 12 nitrogen and oxygen atoms in total. The van der Waals surface area contributed by atoms with Crippen LogP contribution in [0.2, 0.25) is 0 Å². The molecule has 0 spiro atoms. The predicted molar refractivity (Wildman–Crippen MR) is 187 cm³/mol. The lowest BCUT2D eigenvalue weighted by Crippen LogP contribution is -2.45. The third kappa shape index (κ3) is 8.41. The molecule has 1 unspecified atom stereocenters. The number of likely N-dealkylation sites (N-methyl/N-ethyl adjacent to an activating group) is 1. The number of piperazine rings is 1. The van der Waals surface area contributed by atoms with Crippen molar-refractivity contribution in [3.63, 3.8) is 0 Å². The number of thiazole rings is 1. The molecule has 1 saturated carbocycles. The van der Waals surface area contributed by atoms with Crippen molar-refractivity contribution in [3.8, 4) is 22.0 Å². The number of anilines is 1. The van der Waals surface area contributed by atoms with E-state index in [1.165, 1.54) is 28.5 Å². The fourth-order valence-corrected chi connectivity index (χ4v) is 6.91. The first kappa shape index (κ1) is 34.0. The number of carbonyl (C=O) groups excluding carboxylic acids is 2. The number of hydrogen-bond acceptors (Lipinski definition) is 10. The Morgan fingerprint density at radius 2 is 1.88 bits per heavy atom. The highest BCUT2D eigenvalue weighted by Gasteiger charge is 2.24. The van der Waals surface area contributed by atoms with Crippen LogP contribution < -0.4 is 10.8 Å². The molecule has 4 aromatic rings. The smallest absolute Gasteiger partial charge is 0.275 e. The number of nitrogens with zero attached hydrogens (tertiary/aromatic N) is 8. The maximum absolute atomic E-state index is 14.9. The topological polar surface area (TPSA) is 123 Å². The van der Waals surface area contributed by atoms with Gasteiger partial charge < -0.3 is 15.0 Å². The fraction of sp³-hybridized carbons (Fsp3) is 0.455. The summed E-state index contributed by atoms with van der Waals surface area (Å²) in [5, 5.41) is 14.0. The molecule has 1 N–H and O–H groups in total. The normalized spacial score (nSPS) is 16.2. The zero-order chi connectivity index (χ0) is 33.6. The summed E-state index contributed by atoms with van der Waals surface area (Å²) in [6, 6.07) is 3.08. The maximum Gasteiger partial charge on any atom is 0.275 e. The lowest BCUT2D eigenvalue weighted by atomic mass is 9.96. The van der Waals surface area contributed by atoms with Crippen LogP contribution >= 0.6 is 20.6 Å². The van der Waals surface area contributed by atoms with Crippen molar-refractivity contribution in [2.45, 2.75) is 51.0 Å². The molecule has 1 atom stereocenters. The van der Waals surface area contributed by atoms with E-state index in [-0.39, 0.29) is 35.5 Å². The SMILES string of the molecule is C=C(CCC(=O)n1cc(-c2nc(C(=O)Nc3cn(C4CCCCC4)nc3-c3nc(P)ccc3F)cs2)cn1)OCCN1CCN(C)CC1. The van der Waals surface area contributed by atoms with E-state index in [1.54, 1.807) is 30.0 Å². The number of amides is 1. The molecule has 0 aromatic carbocycles. The van der Waals surface area contributed by atoms with E-state index in [4.69, 9.17) is 9.84 Å². The predicted octanol–water partition coefficient (Wildman–Crippen LogP) is 4.86. The number of pyridine rings is 1. The standard InChI is InChI=1S/C33H41FN9O3PS/c1-22(46-17-16-41-14-12-40(2)13-15-41)8-11-29(44)43-19-23(18-35-43)33-37-27(21-48-33)32(45)36-26-20-42(24-6-4-3-5-7-24)39-31(26)30-25(34)9-10-28(47)38-30/h9-10,18-21,24H,1,3-8,11-17,47H2,2H3,(H,36,45). The van der Waals surface area contributed by atoms with Crippen LogP contribution in [0, 0.1) is 5.82 Å². The molecule has 0 bridgehead atoms. The second-order valence-electron chi connectivity index (χ2n) is 12.3. The molecule has 48 heavy (non-hydrogen) atoms. The van der Waals surface area contributed by atoms with Gasteiger partial charge in [-0.25, -0.2) is 19.0 Å². The largest absolute Gasteiger partial charge is 0.497 e. The molecular formula is C33H41FN9O3PS. The Labute approximate surface area is 285 Å². The van der Waals surface area contributed by atoms with Gasteiger partial charge in [0, 0.05) is 68.9 Å². The third-order valence-corrected chi connectivity index (χ3v) is 9.98. The quantitative estimate of drug-likeness (QED) is 0.164. The summed E-state index contributed by atoms with van der Waals surface area (Å²) in [4.78, 5) is 39.8. The van der Waals surface area contributed by atoms with Gasteiger partial charge in [0.1, 0.15) is 28.7 Å². The highest BCUT2D eigenvalue weighted by Crippen LogP contribution is 2.33. The van der Waals surface area contributed by atoms with Gasteiger partial charge in [-0.15, -0.1) is 11.3 Å². The monoisotopic (exact) mass is 693 g/mol. The fourth-order valence-electron chi connectivity index (χ4n) is 5.90. The van der Waals surface area contributed by atoms with E-state index in [2.05, 4.69) is 53.0 Å². The lowest BCUT2D eigenvalue weighted by Gasteiger charge is -2.32. The molecule has 254 valence electrons. The molecule has 5 heterocycles. The van der Waals surface area contributed by atoms with Gasteiger partial charge in [0.2, 0.25) is 5.91 Å². The number of allylic oxidation sites excluding steroid dienone is 1. The number of rotatable bonds is 12. The van der Waals surface area contributed by atoms with Gasteiger partial charge >= 0.3 is 0 Å². The Morgan fingerprint density at radius 3 is 2.67 bits per heavy atom. The number of nitrogens with one attached hydrogen (secondary N) is 1. The molecular weight excluding hydrogens is 652 g/mol. The minimum atomic E-state index is -0.522. The van der Waals surface area contributed by atoms with E-state index in [0.717, 1.165) is 58.4 Å². The molecule has 1 aliphatic heterocycles. The third-order valence-electron chi connectivity index (χ3n) is 8.77. The van der Waals surface area contributed by atoms with Crippen LogP contribution in [0.15, 0.2) is 48.4 Å². The summed E-state index contributed by atoms with van der Waals surface area (Å²) < 4.78 is 23.8. The van der Waals surface area contributed by atoms with Crippen LogP contribution in [0.3, 0.4) is 0 Å². The van der Waals surface area contributed by atoms with Crippen molar-refractivity contribution in [2.24, 2.45) is 0 Å². The first-order valence-electron chi connectivity index (χ1n) is 16.3. The van der Waals surface area contributed by atoms with Crippen LogP contribution in [0.4, 0.5) is 10.1 Å². The highest BCUT2D eigenvalue weighted by atomic mass is 32.1. The Kier molecular flexibility index (Phi) is 11.1. The minimum Gasteiger partial charge on any atom is -0.497 e. The first-order chi connectivity index (χ1) is 23.2. The van der Waals surface area contributed by atoms with Crippen molar-refractivity contribution >= 4 is 43.5 Å². The van der Waals surface area contributed by atoms with E-state index in [9.17, 15) is 14.0 Å². The number of halogens is 1. The molecule has 1 saturated heterocycles. The Hall–Kier alpha value is -3.84. The van der Waals surface area contributed by atoms with Gasteiger partial charge in [-0.05, 0) is 32.0 Å². The van der Waals surface area contributed by atoms with Crippen LogP contribution in [0.5, 0.6) is 0 Å². The second kappa shape index (κ2) is 15.6. The van der Waals surface area contributed by atoms with Gasteiger partial charge in [-0.2, -0.15) is 10.2 Å². The van der Waals surface area contributed by atoms with Crippen LogP contribution in [-0.4, -0.2) is 97.5 Å². The van der Waals surface area contributed by atoms with Gasteiger partial charge in [0.25, 0.3) is 5.91 Å². The molecule has 1 aliphatic carbocycles. The van der Waals surface area contributed by atoms with E-state index in [1.807, 2.05) is 4.68 Å². The summed E-state index contributed by atoms with van der Waals surface area (Å²) in [5.74, 6) is -0.602. The summed E-state index contributed by atoms with van der Waals surface area (Å²) in [6.07, 6.45) is 10.8. The van der Waals surface area contributed by atoms with Crippen molar-refractivity contribution in [2.75, 3.05) is 51.7 Å². The first-order valence-corrected chi connectivity index (χ1v) is 17.8. The maximum atomic E-state index is 14.9. The van der Waals surface area contributed by atoms with E-state index in [0.29, 0.717) is 40.5 Å². The molecule has 4 aromatic heterocycles. The van der Waals surface area contributed by atoms with Crippen molar-refractivity contribution in [3.05, 3.63) is 60.0 Å². The summed E-state index contributed by atoms with van der Waals surface area (Å²) in [7, 11) is 4.59. The second-order valence-corrected chi connectivity index (χ2v) is 13.8. The zero-order valence-corrected chi connectivity index (χ0v) is 29.1. The summed E-state index contributed by atoms with van der Waals surface area (Å²) in [5.41, 5.74) is 2.07. The van der Waals surface area contributed by atoms with E-state index < -0.39 is 11.7 Å². The lowest BCUT2D eigenvalue weighted by molar-refractivity contribution is 0.0866. The molecule has 2 aliphatic rings. The molecule has 0 radical (unpaired) electrons. The molecule has 1 amide bonds.